The highest BCUT2D eigenvalue weighted by molar-refractivity contribution is 5.81. The Balaban J connectivity index is 2.01. The monoisotopic (exact) mass is 367 g/mol. The number of benzene rings is 2. The maximum absolute atomic E-state index is 12.7. The number of carbonyl (C=O) groups is 1. The second-order valence-corrected chi connectivity index (χ2v) is 5.58. The third-order valence-corrected chi connectivity index (χ3v) is 3.72. The van der Waals surface area contributed by atoms with Crippen LogP contribution in [0.2, 0.25) is 0 Å². The molecule has 0 aromatic heterocycles. The molecule has 2 rings (SSSR count). The normalized spacial score (nSPS) is 12.3. The molecule has 0 aliphatic carbocycles. The van der Waals surface area contributed by atoms with E-state index in [1.54, 1.807) is 31.2 Å². The van der Waals surface area contributed by atoms with Crippen LogP contribution < -0.4 is 14.8 Å². The van der Waals surface area contributed by atoms with Gasteiger partial charge in [-0.1, -0.05) is 31.2 Å². The van der Waals surface area contributed by atoms with Crippen molar-refractivity contribution in [2.24, 2.45) is 0 Å². The van der Waals surface area contributed by atoms with Gasteiger partial charge in [-0.15, -0.1) is 0 Å². The van der Waals surface area contributed by atoms with E-state index >= 15 is 0 Å². The van der Waals surface area contributed by atoms with E-state index in [-0.39, 0.29) is 6.54 Å². The molecule has 140 valence electrons. The number of alkyl halides is 3. The molecule has 0 aliphatic heterocycles. The lowest BCUT2D eigenvalue weighted by Gasteiger charge is -2.19. The van der Waals surface area contributed by atoms with E-state index in [2.05, 4.69) is 5.32 Å². The summed E-state index contributed by atoms with van der Waals surface area (Å²) in [5, 5.41) is 2.61. The molecule has 0 fully saturated rings. The number of hydrogen-bond acceptors (Lipinski definition) is 3. The van der Waals surface area contributed by atoms with Gasteiger partial charge >= 0.3 is 6.18 Å². The summed E-state index contributed by atoms with van der Waals surface area (Å²) in [7, 11) is 1.50. The summed E-state index contributed by atoms with van der Waals surface area (Å²) in [6.07, 6.45) is -4.80. The SMILES string of the molecule is CCC(Oc1ccccc1OC)C(=O)NCc1cccc(C(F)(F)F)c1. The van der Waals surface area contributed by atoms with Crippen molar-refractivity contribution in [3.8, 4) is 11.5 Å². The van der Waals surface area contributed by atoms with Crippen molar-refractivity contribution in [2.45, 2.75) is 32.2 Å². The molecular formula is C19H20F3NO3. The fourth-order valence-electron chi connectivity index (χ4n) is 2.35. The molecule has 2 aromatic carbocycles. The summed E-state index contributed by atoms with van der Waals surface area (Å²) in [5.74, 6) is 0.517. The van der Waals surface area contributed by atoms with Gasteiger partial charge in [-0.2, -0.15) is 13.2 Å². The number of carbonyl (C=O) groups excluding carboxylic acids is 1. The minimum Gasteiger partial charge on any atom is -0.493 e. The molecule has 0 saturated carbocycles. The van der Waals surface area contributed by atoms with Crippen LogP contribution in [0.4, 0.5) is 13.2 Å². The molecule has 4 nitrogen and oxygen atoms in total. The van der Waals surface area contributed by atoms with Gasteiger partial charge in [0.1, 0.15) is 0 Å². The number of hydrogen-bond donors (Lipinski definition) is 1. The first-order chi connectivity index (χ1) is 12.3. The lowest BCUT2D eigenvalue weighted by atomic mass is 10.1. The van der Waals surface area contributed by atoms with Crippen molar-refractivity contribution in [2.75, 3.05) is 7.11 Å². The zero-order valence-electron chi connectivity index (χ0n) is 14.5. The van der Waals surface area contributed by atoms with Gasteiger partial charge in [0.15, 0.2) is 17.6 Å². The van der Waals surface area contributed by atoms with Crippen LogP contribution in [0.5, 0.6) is 11.5 Å². The van der Waals surface area contributed by atoms with Crippen LogP contribution >= 0.6 is 0 Å². The van der Waals surface area contributed by atoms with Crippen LogP contribution in [0, 0.1) is 0 Å². The third kappa shape index (κ3) is 5.15. The number of ether oxygens (including phenoxy) is 2. The number of amides is 1. The molecule has 0 aliphatic rings. The molecule has 1 N–H and O–H groups in total. The van der Waals surface area contributed by atoms with Crippen molar-refractivity contribution in [3.05, 3.63) is 59.7 Å². The molecular weight excluding hydrogens is 347 g/mol. The fraction of sp³-hybridized carbons (Fsp3) is 0.316. The van der Waals surface area contributed by atoms with Gasteiger partial charge in [-0.25, -0.2) is 0 Å². The molecule has 0 bridgehead atoms. The van der Waals surface area contributed by atoms with E-state index in [0.29, 0.717) is 23.5 Å². The van der Waals surface area contributed by atoms with E-state index in [1.807, 2.05) is 0 Å². The molecule has 0 saturated heterocycles. The van der Waals surface area contributed by atoms with Gasteiger partial charge in [-0.3, -0.25) is 4.79 Å². The second kappa shape index (κ2) is 8.60. The highest BCUT2D eigenvalue weighted by atomic mass is 19.4. The highest BCUT2D eigenvalue weighted by Crippen LogP contribution is 2.30. The van der Waals surface area contributed by atoms with Crippen molar-refractivity contribution >= 4 is 5.91 Å². The van der Waals surface area contributed by atoms with E-state index < -0.39 is 23.8 Å². The summed E-state index contributed by atoms with van der Waals surface area (Å²) in [4.78, 5) is 12.3. The van der Waals surface area contributed by atoms with E-state index in [9.17, 15) is 18.0 Å². The minimum atomic E-state index is -4.42. The zero-order chi connectivity index (χ0) is 19.2. The maximum Gasteiger partial charge on any atom is 0.416 e. The number of nitrogens with one attached hydrogen (secondary N) is 1. The van der Waals surface area contributed by atoms with Crippen LogP contribution in [0.25, 0.3) is 0 Å². The van der Waals surface area contributed by atoms with E-state index in [4.69, 9.17) is 9.47 Å². The average molecular weight is 367 g/mol. The maximum atomic E-state index is 12.7. The summed E-state index contributed by atoms with van der Waals surface area (Å²) in [5.41, 5.74) is -0.387. The van der Waals surface area contributed by atoms with Crippen molar-refractivity contribution in [3.63, 3.8) is 0 Å². The second-order valence-electron chi connectivity index (χ2n) is 5.58. The van der Waals surface area contributed by atoms with Crippen molar-refractivity contribution < 1.29 is 27.4 Å². The topological polar surface area (TPSA) is 47.6 Å². The van der Waals surface area contributed by atoms with Gasteiger partial charge in [0, 0.05) is 6.54 Å². The molecule has 1 amide bonds. The van der Waals surface area contributed by atoms with Gasteiger partial charge < -0.3 is 14.8 Å². The Morgan fingerprint density at radius 3 is 2.42 bits per heavy atom. The number of methoxy groups -OCH3 is 1. The predicted octanol–water partition coefficient (Wildman–Crippen LogP) is 4.19. The average Bonchev–Trinajstić information content (AvgIpc) is 2.64. The van der Waals surface area contributed by atoms with E-state index in [1.165, 1.54) is 19.2 Å². The molecule has 0 radical (unpaired) electrons. The fourth-order valence-corrected chi connectivity index (χ4v) is 2.35. The largest absolute Gasteiger partial charge is 0.493 e. The first kappa shape index (κ1) is 19.6. The molecule has 26 heavy (non-hydrogen) atoms. The lowest BCUT2D eigenvalue weighted by Crippen LogP contribution is -2.37. The third-order valence-electron chi connectivity index (χ3n) is 3.72. The first-order valence-corrected chi connectivity index (χ1v) is 8.08. The molecule has 2 aromatic rings. The highest BCUT2D eigenvalue weighted by Gasteiger charge is 2.30. The van der Waals surface area contributed by atoms with Crippen LogP contribution in [0.3, 0.4) is 0 Å². The summed E-state index contributed by atoms with van der Waals surface area (Å²) in [6.45, 7) is 1.76. The van der Waals surface area contributed by atoms with Gasteiger partial charge in [0.2, 0.25) is 0 Å². The summed E-state index contributed by atoms with van der Waals surface area (Å²) < 4.78 is 49.1. The quantitative estimate of drug-likeness (QED) is 0.798. The Hall–Kier alpha value is -2.70. The minimum absolute atomic E-state index is 0.0193. The van der Waals surface area contributed by atoms with E-state index in [0.717, 1.165) is 12.1 Å². The van der Waals surface area contributed by atoms with Crippen LogP contribution in [0.15, 0.2) is 48.5 Å². The summed E-state index contributed by atoms with van der Waals surface area (Å²) >= 11 is 0. The Labute approximate surface area is 149 Å². The first-order valence-electron chi connectivity index (χ1n) is 8.08. The smallest absolute Gasteiger partial charge is 0.416 e. The summed E-state index contributed by atoms with van der Waals surface area (Å²) in [6, 6.07) is 11.8. The zero-order valence-corrected chi connectivity index (χ0v) is 14.5. The molecule has 7 heteroatoms. The van der Waals surface area contributed by atoms with Gasteiger partial charge in [0.25, 0.3) is 5.91 Å². The lowest BCUT2D eigenvalue weighted by molar-refractivity contribution is -0.137. The molecule has 0 spiro atoms. The van der Waals surface area contributed by atoms with Crippen LogP contribution in [-0.4, -0.2) is 19.1 Å². The van der Waals surface area contributed by atoms with Crippen molar-refractivity contribution in [1.29, 1.82) is 0 Å². The van der Waals surface area contributed by atoms with Crippen LogP contribution in [-0.2, 0) is 17.5 Å². The predicted molar refractivity (Wildman–Crippen MR) is 91.0 cm³/mol. The molecule has 1 atom stereocenters. The number of rotatable bonds is 7. The number of para-hydroxylation sites is 2. The molecule has 0 heterocycles. The molecule has 1 unspecified atom stereocenters. The van der Waals surface area contributed by atoms with Gasteiger partial charge in [0.05, 0.1) is 12.7 Å². The Bertz CT molecular complexity index is 747. The Morgan fingerprint density at radius 1 is 1.12 bits per heavy atom. The standard InChI is InChI=1S/C19H20F3NO3/c1-3-15(26-17-10-5-4-9-16(17)25-2)18(24)23-12-13-7-6-8-14(11-13)19(20,21)22/h4-11,15H,3,12H2,1-2H3,(H,23,24). The Kier molecular flexibility index (Phi) is 6.49. The van der Waals surface area contributed by atoms with Crippen molar-refractivity contribution in [1.82, 2.24) is 5.32 Å². The van der Waals surface area contributed by atoms with Gasteiger partial charge in [-0.05, 0) is 36.2 Å². The Morgan fingerprint density at radius 2 is 1.81 bits per heavy atom. The van der Waals surface area contributed by atoms with Crippen LogP contribution in [0.1, 0.15) is 24.5 Å². The number of halogens is 3.